The summed E-state index contributed by atoms with van der Waals surface area (Å²) < 4.78 is 23.8. The fraction of sp³-hybridized carbons (Fsp3) is 0.300. The summed E-state index contributed by atoms with van der Waals surface area (Å²) in [5.74, 6) is 1.23. The van der Waals surface area contributed by atoms with Crippen molar-refractivity contribution < 1.29 is 48.5 Å². The van der Waals surface area contributed by atoms with E-state index in [2.05, 4.69) is 20.3 Å². The van der Waals surface area contributed by atoms with Gasteiger partial charge in [-0.1, -0.05) is 106 Å². The van der Waals surface area contributed by atoms with Crippen LogP contribution in [0.15, 0.2) is 119 Å². The molecule has 4 N–H and O–H groups in total. The third kappa shape index (κ3) is 11.5. The second kappa shape index (κ2) is 22.6. The van der Waals surface area contributed by atoms with E-state index < -0.39 is 23.1 Å². The Hall–Kier alpha value is -6.49. The Morgan fingerprint density at radius 3 is 1.58 bits per heavy atom. The van der Waals surface area contributed by atoms with Gasteiger partial charge in [0.15, 0.2) is 0 Å². The Morgan fingerprint density at radius 2 is 1.09 bits per heavy atom. The van der Waals surface area contributed by atoms with E-state index >= 15 is 0 Å². The van der Waals surface area contributed by atoms with Gasteiger partial charge in [0.25, 0.3) is 0 Å². The quantitative estimate of drug-likeness (QED) is 0.0709. The number of halogens is 5. The summed E-state index contributed by atoms with van der Waals surface area (Å²) in [5, 5.41) is 52.0. The molecule has 0 amide bonds. The van der Waals surface area contributed by atoms with E-state index in [0.29, 0.717) is 108 Å². The van der Waals surface area contributed by atoms with Crippen LogP contribution in [0.5, 0.6) is 11.5 Å². The number of carbonyl (C=O) groups is 2. The second-order valence-corrected chi connectivity index (χ2v) is 22.6. The van der Waals surface area contributed by atoms with Gasteiger partial charge in [-0.15, -0.1) is 0 Å². The fourth-order valence-corrected chi connectivity index (χ4v) is 12.1. The van der Waals surface area contributed by atoms with Crippen LogP contribution in [0.4, 0.5) is 0 Å². The van der Waals surface area contributed by atoms with Gasteiger partial charge in [-0.25, -0.2) is 9.59 Å². The largest absolute Gasteiger partial charge is 0.489 e. The number of hydrogen-bond acceptors (Lipinski definition) is 12. The Labute approximate surface area is 480 Å². The molecule has 0 aliphatic heterocycles. The van der Waals surface area contributed by atoms with Crippen LogP contribution in [0, 0.1) is 6.92 Å². The number of aromatic nitrogens is 4. The first kappa shape index (κ1) is 55.8. The highest BCUT2D eigenvalue weighted by atomic mass is 35.5. The van der Waals surface area contributed by atoms with E-state index in [9.17, 15) is 30.0 Å². The zero-order valence-corrected chi connectivity index (χ0v) is 45.5. The molecule has 408 valence electrons. The zero-order valence-electron chi connectivity index (χ0n) is 41.7. The molecule has 12 rings (SSSR count). The van der Waals surface area contributed by atoms with Crippen molar-refractivity contribution in [2.24, 2.45) is 0 Å². The predicted molar refractivity (Wildman–Crippen MR) is 300 cm³/mol. The number of carboxylic acids is 2. The van der Waals surface area contributed by atoms with Gasteiger partial charge in [-0.3, -0.25) is 9.97 Å². The van der Waals surface area contributed by atoms with Crippen LogP contribution in [0.3, 0.4) is 0 Å². The first-order valence-corrected chi connectivity index (χ1v) is 27.2. The Morgan fingerprint density at radius 1 is 0.595 bits per heavy atom. The molecule has 0 atom stereocenters. The van der Waals surface area contributed by atoms with Crippen LogP contribution in [0.1, 0.15) is 154 Å². The van der Waals surface area contributed by atoms with Gasteiger partial charge >= 0.3 is 11.9 Å². The lowest BCUT2D eigenvalue weighted by Crippen LogP contribution is -2.40. The van der Waals surface area contributed by atoms with E-state index in [0.717, 1.165) is 65.0 Å². The number of aromatic carboxylic acids is 2. The van der Waals surface area contributed by atoms with Crippen molar-refractivity contribution in [2.45, 2.75) is 114 Å². The summed E-state index contributed by atoms with van der Waals surface area (Å²) in [5.41, 5.74) is 6.09. The number of nitrogens with zero attached hydrogens (tertiary/aromatic N) is 4. The average Bonchev–Trinajstić information content (AvgIpc) is 4.51. The number of aliphatic hydroxyl groups is 2. The van der Waals surface area contributed by atoms with Crippen LogP contribution in [-0.4, -0.2) is 52.6 Å². The highest BCUT2D eigenvalue weighted by molar-refractivity contribution is 6.39. The predicted octanol–water partition coefficient (Wildman–Crippen LogP) is 15.5. The van der Waals surface area contributed by atoms with Crippen molar-refractivity contribution in [3.05, 3.63) is 196 Å². The number of ether oxygens (including phenoxy) is 2. The minimum atomic E-state index is -1.12. The summed E-state index contributed by atoms with van der Waals surface area (Å²) in [7, 11) is 0. The molecule has 4 aliphatic rings. The lowest BCUT2D eigenvalue weighted by molar-refractivity contribution is -0.0560. The second-order valence-electron chi connectivity index (χ2n) is 20.5. The lowest BCUT2D eigenvalue weighted by atomic mass is 9.65. The van der Waals surface area contributed by atoms with Crippen molar-refractivity contribution in [2.75, 3.05) is 0 Å². The molecule has 4 aromatic heterocycles. The Bertz CT molecular complexity index is 3350. The maximum atomic E-state index is 11.3. The average molecular weight is 1170 g/mol. The van der Waals surface area contributed by atoms with Crippen LogP contribution < -0.4 is 9.47 Å². The minimum Gasteiger partial charge on any atom is -0.489 e. The molecule has 8 aromatic rings. The molecule has 14 nitrogen and oxygen atoms in total. The van der Waals surface area contributed by atoms with Crippen molar-refractivity contribution in [1.82, 2.24) is 20.3 Å². The molecule has 4 aromatic carbocycles. The normalized spacial score (nSPS) is 20.2. The van der Waals surface area contributed by atoms with Crippen molar-refractivity contribution in [3.63, 3.8) is 0 Å². The molecule has 19 heteroatoms. The third-order valence-electron chi connectivity index (χ3n) is 15.1. The van der Waals surface area contributed by atoms with Gasteiger partial charge < -0.3 is 38.9 Å². The van der Waals surface area contributed by atoms with Crippen LogP contribution >= 0.6 is 58.0 Å². The SMILES string of the molecule is C.Cc1cccc(Cl)c1-c1noc(C2CC2)c1COc1ccc(C2(O)CC(c3cc(C(=O)O)ccn3)C2)c(Cl)c1.O=C(O)c1cncc(C2CC(O)(c3ccc(OCc4c(-c5c(Cl)cccc5Cl)noc4C4CC4)cc3Cl)C2)c1. The highest BCUT2D eigenvalue weighted by Crippen LogP contribution is 2.55. The molecular formula is C60H53Cl5N4O10. The topological polar surface area (TPSA) is 211 Å². The summed E-state index contributed by atoms with van der Waals surface area (Å²) in [6.45, 7) is 2.41. The number of pyridine rings is 2. The Balaban J connectivity index is 0.000000176. The number of benzene rings is 4. The zero-order chi connectivity index (χ0) is 54.6. The van der Waals surface area contributed by atoms with Gasteiger partial charge in [-0.05, 0) is 136 Å². The van der Waals surface area contributed by atoms with Gasteiger partial charge in [-0.2, -0.15) is 0 Å². The number of hydrogen-bond donors (Lipinski definition) is 4. The molecule has 0 unspecified atom stereocenters. The lowest BCUT2D eigenvalue weighted by Gasteiger charge is -2.44. The van der Waals surface area contributed by atoms with Gasteiger partial charge in [0.2, 0.25) is 0 Å². The molecule has 0 saturated heterocycles. The van der Waals surface area contributed by atoms with E-state index in [1.54, 1.807) is 72.9 Å². The molecule has 4 saturated carbocycles. The summed E-state index contributed by atoms with van der Waals surface area (Å²) >= 11 is 32.7. The van der Waals surface area contributed by atoms with Crippen molar-refractivity contribution >= 4 is 69.9 Å². The summed E-state index contributed by atoms with van der Waals surface area (Å²) in [6, 6.07) is 26.1. The number of carboxylic acid groups (broad SMARTS) is 2. The summed E-state index contributed by atoms with van der Waals surface area (Å²) in [6.07, 6.45) is 10.2. The molecule has 0 spiro atoms. The maximum Gasteiger partial charge on any atom is 0.337 e. The molecule has 0 bridgehead atoms. The maximum absolute atomic E-state index is 11.3. The van der Waals surface area contributed by atoms with Crippen LogP contribution in [-0.2, 0) is 24.4 Å². The van der Waals surface area contributed by atoms with Crippen LogP contribution in [0.2, 0.25) is 25.1 Å². The molecule has 0 radical (unpaired) electrons. The molecule has 79 heavy (non-hydrogen) atoms. The van der Waals surface area contributed by atoms with E-state index in [-0.39, 0.29) is 43.6 Å². The van der Waals surface area contributed by atoms with Gasteiger partial charge in [0, 0.05) is 64.3 Å². The van der Waals surface area contributed by atoms with Gasteiger partial charge in [0.05, 0.1) is 58.6 Å². The standard InChI is InChI=1S/C30H26Cl2N2O5.C29H23Cl3N2O5.CH4/c1-16-3-2-4-23(31)26(16)27-21(28(39-34-27)17-5-6-17)15-38-20-7-8-22(24(32)12-20)30(37)13-19(14-30)25-11-18(29(35)36)9-10-33-25;30-22-2-1-3-23(31)25(22)26-20(27(39-34-26)15-4-5-15)14-38-19-6-7-21(24(32)9-19)29(37)10-18(11-29)16-8-17(28(35)36)13-33-12-16;/h2-4,7-12,17,19,37H,5-6,13-15H2,1H3,(H,35,36);1-3,6-9,12-13,15,18,37H,4-5,10-11,14H2,(H,35,36);1H4. The van der Waals surface area contributed by atoms with E-state index in [1.807, 2.05) is 25.1 Å². The Kier molecular flexibility index (Phi) is 15.9. The van der Waals surface area contributed by atoms with E-state index in [4.69, 9.17) is 76.5 Å². The summed E-state index contributed by atoms with van der Waals surface area (Å²) in [4.78, 5) is 30.9. The monoisotopic (exact) mass is 1160 g/mol. The molecular weight excluding hydrogens is 1110 g/mol. The highest BCUT2D eigenvalue weighted by Gasteiger charge is 2.47. The first-order valence-electron chi connectivity index (χ1n) is 25.3. The number of rotatable bonds is 16. The van der Waals surface area contributed by atoms with Crippen LogP contribution in [0.25, 0.3) is 22.5 Å². The minimum absolute atomic E-state index is 0. The fourth-order valence-electron chi connectivity index (χ4n) is 10.5. The molecule has 4 heterocycles. The van der Waals surface area contributed by atoms with Crippen molar-refractivity contribution in [1.29, 1.82) is 0 Å². The van der Waals surface area contributed by atoms with Gasteiger partial charge in [0.1, 0.15) is 47.6 Å². The smallest absolute Gasteiger partial charge is 0.337 e. The first-order chi connectivity index (χ1) is 37.5. The van der Waals surface area contributed by atoms with Crippen molar-refractivity contribution in [3.8, 4) is 34.0 Å². The van der Waals surface area contributed by atoms with E-state index in [1.165, 1.54) is 18.5 Å². The molecule has 4 fully saturated rings. The third-order valence-corrected chi connectivity index (χ3v) is 16.7. The molecule has 4 aliphatic carbocycles. The number of aryl methyl sites for hydroxylation is 1.